The van der Waals surface area contributed by atoms with Crippen LogP contribution in [0.5, 0.6) is 0 Å². The number of amides is 1. The molecule has 0 bridgehead atoms. The van der Waals surface area contributed by atoms with Crippen molar-refractivity contribution in [3.63, 3.8) is 0 Å². The Morgan fingerprint density at radius 1 is 1.18 bits per heavy atom. The van der Waals surface area contributed by atoms with Crippen molar-refractivity contribution in [2.45, 2.75) is 32.3 Å². The van der Waals surface area contributed by atoms with E-state index in [2.05, 4.69) is 17.5 Å². The van der Waals surface area contributed by atoms with Crippen LogP contribution >= 0.6 is 8.46 Å². The molecule has 0 saturated heterocycles. The van der Waals surface area contributed by atoms with Gasteiger partial charge in [-0.3, -0.25) is 14.2 Å². The Balaban J connectivity index is 2.00. The van der Waals surface area contributed by atoms with Crippen LogP contribution in [-0.2, 0) is 9.36 Å². The molecule has 5 heteroatoms. The molecule has 0 aliphatic heterocycles. The SMILES string of the molecule is C/C=C\c1c(C)cccc1C(P=O)C(=O)Nc1cc2c(cc1C=O)=CCCC=2. The topological polar surface area (TPSA) is 63.2 Å². The van der Waals surface area contributed by atoms with E-state index < -0.39 is 11.6 Å². The second kappa shape index (κ2) is 8.90. The summed E-state index contributed by atoms with van der Waals surface area (Å²) < 4.78 is 11.9. The van der Waals surface area contributed by atoms with Gasteiger partial charge in [0.15, 0.2) is 14.7 Å². The Morgan fingerprint density at radius 3 is 2.54 bits per heavy atom. The van der Waals surface area contributed by atoms with E-state index in [1.807, 2.05) is 50.3 Å². The van der Waals surface area contributed by atoms with Gasteiger partial charge in [0.1, 0.15) is 5.66 Å². The summed E-state index contributed by atoms with van der Waals surface area (Å²) >= 11 is 0. The largest absolute Gasteiger partial charge is 0.324 e. The number of hydrogen-bond acceptors (Lipinski definition) is 3. The van der Waals surface area contributed by atoms with Crippen molar-refractivity contribution in [3.8, 4) is 0 Å². The summed E-state index contributed by atoms with van der Waals surface area (Å²) in [5, 5.41) is 4.81. The summed E-state index contributed by atoms with van der Waals surface area (Å²) in [5.74, 6) is -0.407. The Hall–Kier alpha value is -2.84. The lowest BCUT2D eigenvalue weighted by atomic mass is 9.98. The van der Waals surface area contributed by atoms with Crippen LogP contribution in [0.15, 0.2) is 36.4 Å². The lowest BCUT2D eigenvalue weighted by molar-refractivity contribution is -0.115. The third-order valence-corrected chi connectivity index (χ3v) is 5.60. The monoisotopic (exact) mass is 391 g/mol. The fourth-order valence-electron chi connectivity index (χ4n) is 3.47. The summed E-state index contributed by atoms with van der Waals surface area (Å²) in [7, 11) is -0.298. The summed E-state index contributed by atoms with van der Waals surface area (Å²) in [5.41, 5.74) is 2.58. The molecule has 1 unspecified atom stereocenters. The Morgan fingerprint density at radius 2 is 1.89 bits per heavy atom. The highest BCUT2D eigenvalue weighted by molar-refractivity contribution is 7.26. The minimum Gasteiger partial charge on any atom is -0.324 e. The summed E-state index contributed by atoms with van der Waals surface area (Å²) in [6, 6.07) is 9.22. The van der Waals surface area contributed by atoms with Gasteiger partial charge < -0.3 is 5.32 Å². The van der Waals surface area contributed by atoms with Crippen LogP contribution in [0.25, 0.3) is 18.2 Å². The van der Waals surface area contributed by atoms with E-state index in [9.17, 15) is 14.2 Å². The molecule has 1 N–H and O–H groups in total. The second-order valence-corrected chi connectivity index (χ2v) is 7.47. The number of nitrogens with one attached hydrogen (secondary N) is 1. The van der Waals surface area contributed by atoms with Gasteiger partial charge in [0.05, 0.1) is 5.69 Å². The summed E-state index contributed by atoms with van der Waals surface area (Å²) in [6.45, 7) is 3.85. The number of rotatable bonds is 6. The van der Waals surface area contributed by atoms with Gasteiger partial charge in [0, 0.05) is 5.56 Å². The molecule has 0 fully saturated rings. The third-order valence-electron chi connectivity index (χ3n) is 4.87. The standard InChI is InChI=1S/C23H22NO3P/c1-3-7-19-15(2)8-6-11-20(19)22(28-27)23(26)24-21-13-17-10-5-4-9-16(17)12-18(21)14-25/h3,6-14,22H,4-5H2,1-2H3,(H,24,26)/b7-3-. The first-order valence-corrected chi connectivity index (χ1v) is 10.1. The van der Waals surface area contributed by atoms with Crippen LogP contribution in [0, 0.1) is 6.92 Å². The molecule has 0 spiro atoms. The van der Waals surface area contributed by atoms with Gasteiger partial charge in [-0.2, -0.15) is 0 Å². The van der Waals surface area contributed by atoms with E-state index in [4.69, 9.17) is 0 Å². The van der Waals surface area contributed by atoms with Gasteiger partial charge in [0.2, 0.25) is 5.91 Å². The van der Waals surface area contributed by atoms with Crippen molar-refractivity contribution >= 4 is 44.6 Å². The zero-order chi connectivity index (χ0) is 20.1. The maximum absolute atomic E-state index is 13.0. The number of anilines is 1. The van der Waals surface area contributed by atoms with Crippen molar-refractivity contribution in [1.29, 1.82) is 0 Å². The van der Waals surface area contributed by atoms with E-state index in [0.29, 0.717) is 16.8 Å². The van der Waals surface area contributed by atoms with Crippen molar-refractivity contribution in [2.24, 2.45) is 0 Å². The Labute approximate surface area is 165 Å². The number of hydrogen-bond donors (Lipinski definition) is 1. The maximum Gasteiger partial charge on any atom is 0.243 e. The van der Waals surface area contributed by atoms with Crippen LogP contribution in [0.2, 0.25) is 0 Å². The van der Waals surface area contributed by atoms with Gasteiger partial charge in [-0.15, -0.1) is 0 Å². The fourth-order valence-corrected chi connectivity index (χ4v) is 3.97. The van der Waals surface area contributed by atoms with E-state index in [-0.39, 0.29) is 8.46 Å². The quantitative estimate of drug-likeness (QED) is 0.594. The number of carbonyl (C=O) groups excluding carboxylic acids is 2. The molecule has 3 rings (SSSR count). The molecule has 1 atom stereocenters. The number of allylic oxidation sites excluding steroid dienone is 1. The molecule has 0 radical (unpaired) electrons. The number of carbonyl (C=O) groups is 2. The molecule has 28 heavy (non-hydrogen) atoms. The van der Waals surface area contributed by atoms with E-state index in [1.165, 1.54) is 0 Å². The number of aldehydes is 1. The van der Waals surface area contributed by atoms with Crippen LogP contribution < -0.4 is 15.8 Å². The first-order valence-electron chi connectivity index (χ1n) is 9.24. The van der Waals surface area contributed by atoms with Crippen molar-refractivity contribution in [1.82, 2.24) is 0 Å². The zero-order valence-electron chi connectivity index (χ0n) is 15.9. The fraction of sp³-hybridized carbons (Fsp3) is 0.217. The minimum absolute atomic E-state index is 0.298. The zero-order valence-corrected chi connectivity index (χ0v) is 16.8. The predicted molar refractivity (Wildman–Crippen MR) is 114 cm³/mol. The van der Waals surface area contributed by atoms with Crippen LogP contribution in [-0.4, -0.2) is 12.2 Å². The molecule has 0 aromatic heterocycles. The number of aryl methyl sites for hydroxylation is 1. The first kappa shape index (κ1) is 19.9. The normalized spacial score (nSPS) is 14.1. The average Bonchev–Trinajstić information content (AvgIpc) is 2.70. The highest BCUT2D eigenvalue weighted by atomic mass is 31.1. The molecule has 2 aromatic rings. The maximum atomic E-state index is 13.0. The molecule has 142 valence electrons. The third kappa shape index (κ3) is 4.02. The first-order chi connectivity index (χ1) is 13.6. The van der Waals surface area contributed by atoms with Gasteiger partial charge >= 0.3 is 0 Å². The van der Waals surface area contributed by atoms with Gasteiger partial charge in [-0.05, 0) is 65.9 Å². The van der Waals surface area contributed by atoms with Gasteiger partial charge in [-0.1, -0.05) is 42.5 Å². The van der Waals surface area contributed by atoms with Gasteiger partial charge in [0.25, 0.3) is 0 Å². The average molecular weight is 391 g/mol. The Bertz CT molecular complexity index is 1090. The summed E-state index contributed by atoms with van der Waals surface area (Å²) in [6.07, 6.45) is 10.6. The lowest BCUT2D eigenvalue weighted by Crippen LogP contribution is -2.29. The van der Waals surface area contributed by atoms with Crippen LogP contribution in [0.3, 0.4) is 0 Å². The lowest BCUT2D eigenvalue weighted by Gasteiger charge is -2.16. The van der Waals surface area contributed by atoms with Crippen LogP contribution in [0.1, 0.15) is 52.5 Å². The number of fused-ring (bicyclic) bond motifs is 1. The predicted octanol–water partition coefficient (Wildman–Crippen LogP) is 4.17. The molecule has 4 nitrogen and oxygen atoms in total. The van der Waals surface area contributed by atoms with E-state index in [0.717, 1.165) is 40.7 Å². The number of benzene rings is 2. The Kier molecular flexibility index (Phi) is 6.33. The van der Waals surface area contributed by atoms with E-state index in [1.54, 1.807) is 6.07 Å². The smallest absolute Gasteiger partial charge is 0.243 e. The van der Waals surface area contributed by atoms with Crippen LogP contribution in [0.4, 0.5) is 5.69 Å². The molecule has 2 aromatic carbocycles. The molecular weight excluding hydrogens is 369 g/mol. The molecule has 0 heterocycles. The molecule has 1 amide bonds. The minimum atomic E-state index is -0.864. The highest BCUT2D eigenvalue weighted by Gasteiger charge is 2.24. The van der Waals surface area contributed by atoms with Crippen molar-refractivity contribution in [3.05, 3.63) is 69.1 Å². The van der Waals surface area contributed by atoms with E-state index >= 15 is 0 Å². The summed E-state index contributed by atoms with van der Waals surface area (Å²) in [4.78, 5) is 24.5. The molecule has 1 aliphatic carbocycles. The highest BCUT2D eigenvalue weighted by Crippen LogP contribution is 2.33. The molecule has 1 aliphatic rings. The second-order valence-electron chi connectivity index (χ2n) is 6.75. The van der Waals surface area contributed by atoms with Gasteiger partial charge in [-0.25, -0.2) is 0 Å². The van der Waals surface area contributed by atoms with Crippen molar-refractivity contribution in [2.75, 3.05) is 5.32 Å². The molecular formula is C23H22NO3P. The molecule has 0 saturated carbocycles. The van der Waals surface area contributed by atoms with Crippen molar-refractivity contribution < 1.29 is 14.2 Å².